The highest BCUT2D eigenvalue weighted by Gasteiger charge is 1.88. The van der Waals surface area contributed by atoms with Gasteiger partial charge in [-0.25, -0.2) is 0 Å². The second-order valence-corrected chi connectivity index (χ2v) is 2.57. The highest BCUT2D eigenvalue weighted by molar-refractivity contribution is 5.20. The Morgan fingerprint density at radius 2 is 1.83 bits per heavy atom. The van der Waals surface area contributed by atoms with E-state index in [1.54, 1.807) is 0 Å². The molecule has 2 heteroatoms. The van der Waals surface area contributed by atoms with Gasteiger partial charge in [-0.1, -0.05) is 24.6 Å². The van der Waals surface area contributed by atoms with E-state index in [2.05, 4.69) is 0 Å². The van der Waals surface area contributed by atoms with Crippen molar-refractivity contribution in [2.75, 3.05) is 13.2 Å². The van der Waals surface area contributed by atoms with Gasteiger partial charge in [0.25, 0.3) is 0 Å². The van der Waals surface area contributed by atoms with E-state index in [-0.39, 0.29) is 6.61 Å². The molecular weight excluding hydrogens is 152 g/mol. The molecule has 0 atom stereocenters. The Bertz CT molecular complexity index is 196. The lowest BCUT2D eigenvalue weighted by atomic mass is 10.3. The standard InChI is InChI=1S/C10H13O2/c11-8-4-5-9-12-10-6-2-1-3-7-10/h1-3,6-7H,4-5,8-9H2/q-1. The van der Waals surface area contributed by atoms with Crippen LogP contribution in [0.3, 0.4) is 0 Å². The van der Waals surface area contributed by atoms with Crippen LogP contribution >= 0.6 is 0 Å². The summed E-state index contributed by atoms with van der Waals surface area (Å²) in [6.45, 7) is 0.643. The highest BCUT2D eigenvalue weighted by Crippen LogP contribution is 2.08. The van der Waals surface area contributed by atoms with Crippen molar-refractivity contribution in [3.8, 4) is 5.75 Å². The van der Waals surface area contributed by atoms with Gasteiger partial charge in [-0.15, -0.1) is 6.61 Å². The molecule has 0 N–H and O–H groups in total. The largest absolute Gasteiger partial charge is 0.854 e. The van der Waals surface area contributed by atoms with Gasteiger partial charge in [0, 0.05) is 0 Å². The van der Waals surface area contributed by atoms with Gasteiger partial charge in [0.05, 0.1) is 6.61 Å². The maximum atomic E-state index is 10.1. The van der Waals surface area contributed by atoms with Crippen LogP contribution in [0.25, 0.3) is 0 Å². The van der Waals surface area contributed by atoms with Crippen LogP contribution in [-0.2, 0) is 0 Å². The molecule has 1 rings (SSSR count). The quantitative estimate of drug-likeness (QED) is 0.614. The number of hydrogen-bond donors (Lipinski definition) is 0. The zero-order valence-electron chi connectivity index (χ0n) is 7.03. The van der Waals surface area contributed by atoms with E-state index in [4.69, 9.17) is 4.74 Å². The Balaban J connectivity index is 2.16. The van der Waals surface area contributed by atoms with Crippen LogP contribution < -0.4 is 9.84 Å². The summed E-state index contributed by atoms with van der Waals surface area (Å²) in [5.74, 6) is 0.878. The summed E-state index contributed by atoms with van der Waals surface area (Å²) in [5.41, 5.74) is 0. The molecule has 0 fully saturated rings. The normalized spacial score (nSPS) is 9.75. The van der Waals surface area contributed by atoms with Crippen molar-refractivity contribution in [1.29, 1.82) is 0 Å². The van der Waals surface area contributed by atoms with Gasteiger partial charge >= 0.3 is 0 Å². The molecule has 1 aromatic rings. The van der Waals surface area contributed by atoms with Gasteiger partial charge in [0.1, 0.15) is 5.75 Å². The van der Waals surface area contributed by atoms with Crippen LogP contribution in [0.5, 0.6) is 5.75 Å². The zero-order valence-corrected chi connectivity index (χ0v) is 7.03. The van der Waals surface area contributed by atoms with E-state index >= 15 is 0 Å². The average Bonchev–Trinajstić information content (AvgIpc) is 2.14. The maximum absolute atomic E-state index is 10.1. The van der Waals surface area contributed by atoms with Crippen molar-refractivity contribution in [2.24, 2.45) is 0 Å². The summed E-state index contributed by atoms with van der Waals surface area (Å²) in [6, 6.07) is 9.64. The lowest BCUT2D eigenvalue weighted by Crippen LogP contribution is -2.07. The van der Waals surface area contributed by atoms with Crippen LogP contribution in [0.2, 0.25) is 0 Å². The summed E-state index contributed by atoms with van der Waals surface area (Å²) < 4.78 is 5.37. The molecule has 1 aromatic carbocycles. The number of unbranched alkanes of at least 4 members (excludes halogenated alkanes) is 1. The SMILES string of the molecule is [O-]CCCCOc1ccccc1. The summed E-state index contributed by atoms with van der Waals surface area (Å²) in [5, 5.41) is 10.1. The molecule has 0 amide bonds. The van der Waals surface area contributed by atoms with Crippen molar-refractivity contribution >= 4 is 0 Å². The Morgan fingerprint density at radius 3 is 2.50 bits per heavy atom. The minimum Gasteiger partial charge on any atom is -0.854 e. The molecule has 0 bridgehead atoms. The fourth-order valence-corrected chi connectivity index (χ4v) is 0.911. The highest BCUT2D eigenvalue weighted by atomic mass is 16.5. The molecule has 0 aliphatic heterocycles. The lowest BCUT2D eigenvalue weighted by molar-refractivity contribution is -0.368. The summed E-state index contributed by atoms with van der Waals surface area (Å²) in [4.78, 5) is 0. The molecule has 0 aliphatic rings. The van der Waals surface area contributed by atoms with Gasteiger partial charge in [-0.2, -0.15) is 0 Å². The van der Waals surface area contributed by atoms with Crippen molar-refractivity contribution in [1.82, 2.24) is 0 Å². The lowest BCUT2D eigenvalue weighted by Gasteiger charge is -2.06. The Morgan fingerprint density at radius 1 is 1.08 bits per heavy atom. The van der Waals surface area contributed by atoms with E-state index in [1.807, 2.05) is 30.3 Å². The van der Waals surface area contributed by atoms with Crippen LogP contribution in [0, 0.1) is 0 Å². The number of benzene rings is 1. The van der Waals surface area contributed by atoms with E-state index in [1.165, 1.54) is 0 Å². The van der Waals surface area contributed by atoms with Gasteiger partial charge in [0.2, 0.25) is 0 Å². The number of rotatable bonds is 5. The molecule has 12 heavy (non-hydrogen) atoms. The van der Waals surface area contributed by atoms with Crippen molar-refractivity contribution in [3.05, 3.63) is 30.3 Å². The van der Waals surface area contributed by atoms with Crippen molar-refractivity contribution in [3.63, 3.8) is 0 Å². The predicted molar refractivity (Wildman–Crippen MR) is 46.0 cm³/mol. The molecule has 0 spiro atoms. The first kappa shape index (κ1) is 9.07. The molecule has 66 valence electrons. The molecule has 0 heterocycles. The topological polar surface area (TPSA) is 32.3 Å². The van der Waals surface area contributed by atoms with Gasteiger partial charge in [-0.3, -0.25) is 0 Å². The molecule has 0 radical (unpaired) electrons. The third-order valence-corrected chi connectivity index (χ3v) is 1.55. The first-order chi connectivity index (χ1) is 5.93. The molecule has 0 aromatic heterocycles. The second kappa shape index (κ2) is 5.61. The van der Waals surface area contributed by atoms with E-state index in [9.17, 15) is 5.11 Å². The first-order valence-corrected chi connectivity index (χ1v) is 4.19. The van der Waals surface area contributed by atoms with Gasteiger partial charge < -0.3 is 9.84 Å². The Labute approximate surface area is 72.8 Å². The Kier molecular flexibility index (Phi) is 4.24. The molecule has 0 saturated carbocycles. The molecule has 0 unspecified atom stereocenters. The van der Waals surface area contributed by atoms with Crippen LogP contribution in [0.4, 0.5) is 0 Å². The molecular formula is C10H13O2-. The number of ether oxygens (including phenoxy) is 1. The van der Waals surface area contributed by atoms with Gasteiger partial charge in [0.15, 0.2) is 0 Å². The van der Waals surface area contributed by atoms with Crippen LogP contribution in [-0.4, -0.2) is 13.2 Å². The monoisotopic (exact) mass is 165 g/mol. The Hall–Kier alpha value is -1.02. The zero-order chi connectivity index (χ0) is 8.65. The summed E-state index contributed by atoms with van der Waals surface area (Å²) in [6.07, 6.45) is 1.55. The number of hydrogen-bond acceptors (Lipinski definition) is 2. The van der Waals surface area contributed by atoms with E-state index < -0.39 is 0 Å². The third kappa shape index (κ3) is 3.39. The fourth-order valence-electron chi connectivity index (χ4n) is 0.911. The van der Waals surface area contributed by atoms with Crippen molar-refractivity contribution < 1.29 is 9.84 Å². The van der Waals surface area contributed by atoms with Crippen molar-refractivity contribution in [2.45, 2.75) is 12.8 Å². The van der Waals surface area contributed by atoms with E-state index in [0.717, 1.165) is 12.2 Å². The smallest absolute Gasteiger partial charge is 0.119 e. The summed E-state index contributed by atoms with van der Waals surface area (Å²) in [7, 11) is 0. The average molecular weight is 165 g/mol. The van der Waals surface area contributed by atoms with Crippen LogP contribution in [0.1, 0.15) is 12.8 Å². The summed E-state index contributed by atoms with van der Waals surface area (Å²) >= 11 is 0. The second-order valence-electron chi connectivity index (χ2n) is 2.57. The molecule has 0 aliphatic carbocycles. The van der Waals surface area contributed by atoms with Crippen LogP contribution in [0.15, 0.2) is 30.3 Å². The first-order valence-electron chi connectivity index (χ1n) is 4.19. The van der Waals surface area contributed by atoms with E-state index in [0.29, 0.717) is 13.0 Å². The third-order valence-electron chi connectivity index (χ3n) is 1.55. The van der Waals surface area contributed by atoms with Gasteiger partial charge in [-0.05, 0) is 18.6 Å². The molecule has 2 nitrogen and oxygen atoms in total. The predicted octanol–water partition coefficient (Wildman–Crippen LogP) is 1.21. The maximum Gasteiger partial charge on any atom is 0.119 e. The molecule has 0 saturated heterocycles. The minimum atomic E-state index is -0.00184. The number of para-hydroxylation sites is 1. The minimum absolute atomic E-state index is 0.00184. The fraction of sp³-hybridized carbons (Fsp3) is 0.400.